The zero-order valence-corrected chi connectivity index (χ0v) is 10.3. The van der Waals surface area contributed by atoms with E-state index in [0.717, 1.165) is 19.4 Å². The first-order valence-electron chi connectivity index (χ1n) is 6.34. The fraction of sp³-hybridized carbons (Fsp3) is 0.267. The highest BCUT2D eigenvalue weighted by molar-refractivity contribution is 5.36. The van der Waals surface area contributed by atoms with E-state index in [0.29, 0.717) is 11.9 Å². The Morgan fingerprint density at radius 1 is 1.28 bits per heavy atom. The van der Waals surface area contributed by atoms with E-state index in [1.807, 2.05) is 12.1 Å². The average Bonchev–Trinajstić information content (AvgIpc) is 2.39. The Morgan fingerprint density at radius 3 is 3.06 bits per heavy atom. The second-order valence-corrected chi connectivity index (χ2v) is 4.75. The number of nitrogen functional groups attached to an aromatic ring is 1. The Kier molecular flexibility index (Phi) is 2.99. The molecule has 3 nitrogen and oxygen atoms in total. The molecule has 0 radical (unpaired) electrons. The van der Waals surface area contributed by atoms with Crippen LogP contribution in [0.25, 0.3) is 0 Å². The highest BCUT2D eigenvalue weighted by atomic mass is 14.9. The molecule has 0 aliphatic carbocycles. The SMILES string of the molecule is Nc1cc(CC2NCCc3ccccc32)ccn1. The summed E-state index contributed by atoms with van der Waals surface area (Å²) in [4.78, 5) is 4.03. The minimum atomic E-state index is 0.386. The molecule has 1 aromatic heterocycles. The van der Waals surface area contributed by atoms with E-state index in [2.05, 4.69) is 34.6 Å². The molecule has 3 rings (SSSR count). The van der Waals surface area contributed by atoms with Gasteiger partial charge in [-0.05, 0) is 48.2 Å². The zero-order valence-electron chi connectivity index (χ0n) is 10.3. The molecule has 0 amide bonds. The van der Waals surface area contributed by atoms with Gasteiger partial charge in [-0.2, -0.15) is 0 Å². The highest BCUT2D eigenvalue weighted by Crippen LogP contribution is 2.25. The number of nitrogens with zero attached hydrogens (tertiary/aromatic N) is 1. The van der Waals surface area contributed by atoms with Gasteiger partial charge in [0, 0.05) is 12.2 Å². The lowest BCUT2D eigenvalue weighted by Gasteiger charge is -2.27. The number of pyridine rings is 1. The third-order valence-electron chi connectivity index (χ3n) is 3.50. The molecule has 0 saturated carbocycles. The third-order valence-corrected chi connectivity index (χ3v) is 3.50. The predicted octanol–water partition coefficient (Wildman–Crippen LogP) is 2.09. The van der Waals surface area contributed by atoms with E-state index in [4.69, 9.17) is 5.73 Å². The lowest BCUT2D eigenvalue weighted by atomic mass is 9.91. The summed E-state index contributed by atoms with van der Waals surface area (Å²) < 4.78 is 0. The normalized spacial score (nSPS) is 18.3. The lowest BCUT2D eigenvalue weighted by molar-refractivity contribution is 0.502. The molecule has 1 atom stereocenters. The van der Waals surface area contributed by atoms with Gasteiger partial charge in [-0.1, -0.05) is 24.3 Å². The molecular weight excluding hydrogens is 222 g/mol. The number of fused-ring (bicyclic) bond motifs is 1. The Bertz CT molecular complexity index is 551. The molecule has 1 unspecified atom stereocenters. The first-order chi connectivity index (χ1) is 8.83. The number of hydrogen-bond acceptors (Lipinski definition) is 3. The summed E-state index contributed by atoms with van der Waals surface area (Å²) in [5.74, 6) is 0.594. The van der Waals surface area contributed by atoms with Crippen molar-refractivity contribution < 1.29 is 0 Å². The van der Waals surface area contributed by atoms with Gasteiger partial charge in [0.1, 0.15) is 5.82 Å². The number of nitrogens with two attached hydrogens (primary N) is 1. The van der Waals surface area contributed by atoms with Gasteiger partial charge in [0.25, 0.3) is 0 Å². The van der Waals surface area contributed by atoms with Crippen LogP contribution in [-0.2, 0) is 12.8 Å². The largest absolute Gasteiger partial charge is 0.384 e. The summed E-state index contributed by atoms with van der Waals surface area (Å²) in [6, 6.07) is 13.1. The summed E-state index contributed by atoms with van der Waals surface area (Å²) in [6.07, 6.45) is 3.86. The van der Waals surface area contributed by atoms with Crippen LogP contribution >= 0.6 is 0 Å². The highest BCUT2D eigenvalue weighted by Gasteiger charge is 2.19. The van der Waals surface area contributed by atoms with Crippen LogP contribution in [0.2, 0.25) is 0 Å². The van der Waals surface area contributed by atoms with E-state index < -0.39 is 0 Å². The number of rotatable bonds is 2. The van der Waals surface area contributed by atoms with Crippen molar-refractivity contribution in [2.45, 2.75) is 18.9 Å². The van der Waals surface area contributed by atoms with E-state index in [1.54, 1.807) is 6.20 Å². The van der Waals surface area contributed by atoms with Crippen LogP contribution in [0.1, 0.15) is 22.7 Å². The molecule has 0 fully saturated rings. The summed E-state index contributed by atoms with van der Waals surface area (Å²) in [7, 11) is 0. The monoisotopic (exact) mass is 239 g/mol. The molecule has 0 spiro atoms. The van der Waals surface area contributed by atoms with E-state index in [-0.39, 0.29) is 0 Å². The second kappa shape index (κ2) is 4.78. The molecule has 3 N–H and O–H groups in total. The van der Waals surface area contributed by atoms with E-state index >= 15 is 0 Å². The van der Waals surface area contributed by atoms with Gasteiger partial charge in [0.2, 0.25) is 0 Å². The van der Waals surface area contributed by atoms with Gasteiger partial charge in [0.05, 0.1) is 0 Å². The maximum absolute atomic E-state index is 5.73. The smallest absolute Gasteiger partial charge is 0.123 e. The number of benzene rings is 1. The number of hydrogen-bond donors (Lipinski definition) is 2. The first-order valence-corrected chi connectivity index (χ1v) is 6.34. The molecule has 0 bridgehead atoms. The van der Waals surface area contributed by atoms with Crippen LogP contribution < -0.4 is 11.1 Å². The maximum Gasteiger partial charge on any atom is 0.123 e. The molecule has 1 aliphatic rings. The summed E-state index contributed by atoms with van der Waals surface area (Å²) in [6.45, 7) is 1.04. The van der Waals surface area contributed by atoms with Gasteiger partial charge in [0.15, 0.2) is 0 Å². The predicted molar refractivity (Wildman–Crippen MR) is 73.2 cm³/mol. The fourth-order valence-corrected chi connectivity index (χ4v) is 2.63. The number of aromatic nitrogens is 1. The minimum absolute atomic E-state index is 0.386. The van der Waals surface area contributed by atoms with Crippen molar-refractivity contribution >= 4 is 5.82 Å². The maximum atomic E-state index is 5.73. The third kappa shape index (κ3) is 2.22. The van der Waals surface area contributed by atoms with Crippen molar-refractivity contribution in [1.82, 2.24) is 10.3 Å². The van der Waals surface area contributed by atoms with Crippen LogP contribution in [-0.4, -0.2) is 11.5 Å². The minimum Gasteiger partial charge on any atom is -0.384 e. The summed E-state index contributed by atoms with van der Waals surface area (Å²) in [5, 5.41) is 3.58. The van der Waals surface area contributed by atoms with Crippen molar-refractivity contribution in [3.05, 3.63) is 59.3 Å². The Hall–Kier alpha value is -1.87. The van der Waals surface area contributed by atoms with Crippen LogP contribution in [0, 0.1) is 0 Å². The van der Waals surface area contributed by atoms with Gasteiger partial charge in [-0.15, -0.1) is 0 Å². The standard InChI is InChI=1S/C15H17N3/c16-15-10-11(5-7-18-15)9-14-13-4-2-1-3-12(13)6-8-17-14/h1-5,7,10,14,17H,6,8-9H2,(H2,16,18). The molecule has 92 valence electrons. The van der Waals surface area contributed by atoms with Crippen LogP contribution in [0.3, 0.4) is 0 Å². The molecular formula is C15H17N3. The molecule has 3 heteroatoms. The van der Waals surface area contributed by atoms with E-state index in [9.17, 15) is 0 Å². The van der Waals surface area contributed by atoms with Crippen molar-refractivity contribution in [3.8, 4) is 0 Å². The number of nitrogens with one attached hydrogen (secondary N) is 1. The zero-order chi connectivity index (χ0) is 12.4. The molecule has 0 saturated heterocycles. The molecule has 1 aliphatic heterocycles. The second-order valence-electron chi connectivity index (χ2n) is 4.75. The fourth-order valence-electron chi connectivity index (χ4n) is 2.63. The molecule has 2 heterocycles. The lowest BCUT2D eigenvalue weighted by Crippen LogP contribution is -2.31. The Balaban J connectivity index is 1.86. The molecule has 2 aromatic rings. The van der Waals surface area contributed by atoms with Crippen molar-refractivity contribution in [2.75, 3.05) is 12.3 Å². The van der Waals surface area contributed by atoms with Gasteiger partial charge < -0.3 is 11.1 Å². The molecule has 18 heavy (non-hydrogen) atoms. The van der Waals surface area contributed by atoms with E-state index in [1.165, 1.54) is 16.7 Å². The van der Waals surface area contributed by atoms with Crippen LogP contribution in [0.15, 0.2) is 42.6 Å². The average molecular weight is 239 g/mol. The van der Waals surface area contributed by atoms with Gasteiger partial charge >= 0.3 is 0 Å². The topological polar surface area (TPSA) is 50.9 Å². The Labute approximate surface area is 107 Å². The van der Waals surface area contributed by atoms with Crippen LogP contribution in [0.5, 0.6) is 0 Å². The quantitative estimate of drug-likeness (QED) is 0.843. The molecule has 1 aromatic carbocycles. The van der Waals surface area contributed by atoms with Crippen molar-refractivity contribution in [1.29, 1.82) is 0 Å². The summed E-state index contributed by atoms with van der Waals surface area (Å²) >= 11 is 0. The van der Waals surface area contributed by atoms with Gasteiger partial charge in [-0.3, -0.25) is 0 Å². The van der Waals surface area contributed by atoms with Crippen LogP contribution in [0.4, 0.5) is 5.82 Å². The van der Waals surface area contributed by atoms with Crippen molar-refractivity contribution in [2.24, 2.45) is 0 Å². The summed E-state index contributed by atoms with van der Waals surface area (Å²) in [5.41, 5.74) is 9.84. The van der Waals surface area contributed by atoms with Gasteiger partial charge in [-0.25, -0.2) is 4.98 Å². The van der Waals surface area contributed by atoms with Crippen molar-refractivity contribution in [3.63, 3.8) is 0 Å². The first kappa shape index (κ1) is 11.2. The number of anilines is 1. The Morgan fingerprint density at radius 2 is 2.17 bits per heavy atom.